The molecule has 1 atom stereocenters. The van der Waals surface area contributed by atoms with Crippen molar-refractivity contribution in [3.63, 3.8) is 0 Å². The summed E-state index contributed by atoms with van der Waals surface area (Å²) in [7, 11) is 0. The fourth-order valence-electron chi connectivity index (χ4n) is 2.83. The SMILES string of the molecule is CC[C@H](NC(=O)c1nnc2n1CCCC2)c1cc(C)ccn1. The zero-order valence-corrected chi connectivity index (χ0v) is 13.0. The first-order chi connectivity index (χ1) is 10.7. The average molecular weight is 299 g/mol. The summed E-state index contributed by atoms with van der Waals surface area (Å²) in [4.78, 5) is 16.9. The van der Waals surface area contributed by atoms with E-state index in [-0.39, 0.29) is 11.9 Å². The number of carbonyl (C=O) groups is 1. The van der Waals surface area contributed by atoms with Crippen LogP contribution in [0.3, 0.4) is 0 Å². The second-order valence-corrected chi connectivity index (χ2v) is 5.74. The van der Waals surface area contributed by atoms with Crippen LogP contribution < -0.4 is 5.32 Å². The van der Waals surface area contributed by atoms with E-state index in [1.54, 1.807) is 6.20 Å². The standard InChI is InChI=1S/C16H21N5O/c1-3-12(13-10-11(2)7-8-17-13)18-16(22)15-20-19-14-6-4-5-9-21(14)15/h7-8,10,12H,3-6,9H2,1-2H3,(H,18,22)/t12-/m0/s1. The lowest BCUT2D eigenvalue weighted by molar-refractivity contribution is 0.0918. The van der Waals surface area contributed by atoms with Crippen LogP contribution >= 0.6 is 0 Å². The van der Waals surface area contributed by atoms with Crippen molar-refractivity contribution in [1.29, 1.82) is 0 Å². The van der Waals surface area contributed by atoms with Crippen molar-refractivity contribution in [1.82, 2.24) is 25.1 Å². The van der Waals surface area contributed by atoms with Crippen LogP contribution in [0.1, 0.15) is 59.9 Å². The first kappa shape index (κ1) is 14.7. The summed E-state index contributed by atoms with van der Waals surface area (Å²) in [5.41, 5.74) is 2.02. The molecule has 0 radical (unpaired) electrons. The van der Waals surface area contributed by atoms with Crippen molar-refractivity contribution in [2.75, 3.05) is 0 Å². The lowest BCUT2D eigenvalue weighted by atomic mass is 10.1. The smallest absolute Gasteiger partial charge is 0.289 e. The molecule has 0 fully saturated rings. The van der Waals surface area contributed by atoms with E-state index in [1.807, 2.05) is 30.5 Å². The van der Waals surface area contributed by atoms with Crippen LogP contribution in [0.5, 0.6) is 0 Å². The van der Waals surface area contributed by atoms with Crippen molar-refractivity contribution in [3.05, 3.63) is 41.2 Å². The minimum atomic E-state index is -0.171. The Morgan fingerprint density at radius 1 is 1.41 bits per heavy atom. The molecule has 0 spiro atoms. The Balaban J connectivity index is 1.79. The fourth-order valence-corrected chi connectivity index (χ4v) is 2.83. The summed E-state index contributed by atoms with van der Waals surface area (Å²) in [5, 5.41) is 11.2. The Bertz CT molecular complexity index is 679. The highest BCUT2D eigenvalue weighted by molar-refractivity contribution is 5.91. The number of pyridine rings is 1. The predicted molar refractivity (Wildman–Crippen MR) is 82.4 cm³/mol. The number of amides is 1. The quantitative estimate of drug-likeness (QED) is 0.939. The largest absolute Gasteiger partial charge is 0.341 e. The maximum Gasteiger partial charge on any atom is 0.289 e. The highest BCUT2D eigenvalue weighted by Crippen LogP contribution is 2.18. The van der Waals surface area contributed by atoms with Crippen LogP contribution in [0.2, 0.25) is 0 Å². The van der Waals surface area contributed by atoms with Gasteiger partial charge < -0.3 is 9.88 Å². The molecule has 1 aliphatic rings. The van der Waals surface area contributed by atoms with Crippen LogP contribution in [0.25, 0.3) is 0 Å². The molecule has 3 rings (SSSR count). The molecule has 0 unspecified atom stereocenters. The summed E-state index contributed by atoms with van der Waals surface area (Å²) < 4.78 is 1.94. The molecule has 116 valence electrons. The van der Waals surface area contributed by atoms with Gasteiger partial charge in [0.2, 0.25) is 5.82 Å². The minimum absolute atomic E-state index is 0.107. The van der Waals surface area contributed by atoms with Gasteiger partial charge in [0.05, 0.1) is 11.7 Å². The molecule has 0 bridgehead atoms. The molecule has 2 aromatic rings. The molecule has 1 amide bonds. The van der Waals surface area contributed by atoms with Gasteiger partial charge in [-0.25, -0.2) is 0 Å². The lowest BCUT2D eigenvalue weighted by Gasteiger charge is -2.18. The number of hydrogen-bond acceptors (Lipinski definition) is 4. The number of fused-ring (bicyclic) bond motifs is 1. The van der Waals surface area contributed by atoms with Gasteiger partial charge in [0.25, 0.3) is 5.91 Å². The summed E-state index contributed by atoms with van der Waals surface area (Å²) in [5.74, 6) is 1.16. The average Bonchev–Trinajstić information content (AvgIpc) is 2.96. The van der Waals surface area contributed by atoms with Crippen molar-refractivity contribution in [3.8, 4) is 0 Å². The molecular weight excluding hydrogens is 278 g/mol. The van der Waals surface area contributed by atoms with E-state index in [0.717, 1.165) is 49.3 Å². The minimum Gasteiger partial charge on any atom is -0.341 e. The third kappa shape index (κ3) is 2.86. The van der Waals surface area contributed by atoms with Crippen LogP contribution in [0, 0.1) is 6.92 Å². The normalized spacial score (nSPS) is 15.2. The van der Waals surface area contributed by atoms with Crippen LogP contribution in [-0.2, 0) is 13.0 Å². The Kier molecular flexibility index (Phi) is 4.18. The zero-order chi connectivity index (χ0) is 15.5. The van der Waals surface area contributed by atoms with E-state index >= 15 is 0 Å². The molecule has 1 N–H and O–H groups in total. The molecule has 22 heavy (non-hydrogen) atoms. The maximum atomic E-state index is 12.5. The summed E-state index contributed by atoms with van der Waals surface area (Å²) in [6, 6.07) is 3.85. The summed E-state index contributed by atoms with van der Waals surface area (Å²) >= 11 is 0. The first-order valence-corrected chi connectivity index (χ1v) is 7.84. The van der Waals surface area contributed by atoms with Gasteiger partial charge in [-0.1, -0.05) is 6.92 Å². The molecule has 1 aliphatic heterocycles. The van der Waals surface area contributed by atoms with E-state index in [2.05, 4.69) is 20.5 Å². The Morgan fingerprint density at radius 2 is 2.27 bits per heavy atom. The Labute approximate surface area is 130 Å². The Morgan fingerprint density at radius 3 is 3.05 bits per heavy atom. The maximum absolute atomic E-state index is 12.5. The van der Waals surface area contributed by atoms with Crippen molar-refractivity contribution < 1.29 is 4.79 Å². The number of aromatic nitrogens is 4. The van der Waals surface area contributed by atoms with E-state index in [9.17, 15) is 4.79 Å². The van der Waals surface area contributed by atoms with Gasteiger partial charge >= 0.3 is 0 Å². The molecule has 0 aromatic carbocycles. The lowest BCUT2D eigenvalue weighted by Crippen LogP contribution is -2.31. The monoisotopic (exact) mass is 299 g/mol. The second-order valence-electron chi connectivity index (χ2n) is 5.74. The zero-order valence-electron chi connectivity index (χ0n) is 13.0. The van der Waals surface area contributed by atoms with E-state index in [0.29, 0.717) is 5.82 Å². The number of nitrogens with zero attached hydrogens (tertiary/aromatic N) is 4. The van der Waals surface area contributed by atoms with Gasteiger partial charge in [0.1, 0.15) is 5.82 Å². The molecule has 2 aromatic heterocycles. The van der Waals surface area contributed by atoms with Gasteiger partial charge in [-0.05, 0) is 43.9 Å². The van der Waals surface area contributed by atoms with Crippen LogP contribution in [0.4, 0.5) is 0 Å². The van der Waals surface area contributed by atoms with Crippen LogP contribution in [-0.4, -0.2) is 25.7 Å². The highest BCUT2D eigenvalue weighted by atomic mass is 16.2. The number of carbonyl (C=O) groups excluding carboxylic acids is 1. The molecule has 0 saturated carbocycles. The predicted octanol–water partition coefficient (Wildman–Crippen LogP) is 2.20. The highest BCUT2D eigenvalue weighted by Gasteiger charge is 2.23. The number of aryl methyl sites for hydroxylation is 2. The van der Waals surface area contributed by atoms with Gasteiger partial charge in [0.15, 0.2) is 0 Å². The van der Waals surface area contributed by atoms with E-state index in [4.69, 9.17) is 0 Å². The Hall–Kier alpha value is -2.24. The van der Waals surface area contributed by atoms with Gasteiger partial charge in [0, 0.05) is 19.2 Å². The topological polar surface area (TPSA) is 72.7 Å². The molecule has 6 heteroatoms. The van der Waals surface area contributed by atoms with Crippen molar-refractivity contribution in [2.45, 2.75) is 52.1 Å². The van der Waals surface area contributed by atoms with Gasteiger partial charge in [-0.3, -0.25) is 9.78 Å². The third-order valence-corrected chi connectivity index (χ3v) is 4.07. The van der Waals surface area contributed by atoms with Crippen molar-refractivity contribution in [2.24, 2.45) is 0 Å². The fraction of sp³-hybridized carbons (Fsp3) is 0.500. The molecule has 3 heterocycles. The van der Waals surface area contributed by atoms with Crippen LogP contribution in [0.15, 0.2) is 18.3 Å². The third-order valence-electron chi connectivity index (χ3n) is 4.07. The molecule has 0 aliphatic carbocycles. The number of rotatable bonds is 4. The summed E-state index contributed by atoms with van der Waals surface area (Å²) in [6.45, 7) is 4.88. The van der Waals surface area contributed by atoms with E-state index in [1.165, 1.54) is 0 Å². The van der Waals surface area contributed by atoms with E-state index < -0.39 is 0 Å². The second kappa shape index (κ2) is 6.25. The number of nitrogens with one attached hydrogen (secondary N) is 1. The molecule has 6 nitrogen and oxygen atoms in total. The molecular formula is C16H21N5O. The number of hydrogen-bond donors (Lipinski definition) is 1. The first-order valence-electron chi connectivity index (χ1n) is 7.84. The van der Waals surface area contributed by atoms with Gasteiger partial charge in [-0.15, -0.1) is 10.2 Å². The summed E-state index contributed by atoms with van der Waals surface area (Å²) in [6.07, 6.45) is 5.64. The van der Waals surface area contributed by atoms with Crippen molar-refractivity contribution >= 4 is 5.91 Å². The van der Waals surface area contributed by atoms with Gasteiger partial charge in [-0.2, -0.15) is 0 Å². The molecule has 0 saturated heterocycles.